The summed E-state index contributed by atoms with van der Waals surface area (Å²) in [6, 6.07) is 18.1. The Morgan fingerprint density at radius 2 is 1.81 bits per heavy atom. The van der Waals surface area contributed by atoms with Gasteiger partial charge in [0.25, 0.3) is 0 Å². The zero-order chi connectivity index (χ0) is 21.4. The highest BCUT2D eigenvalue weighted by molar-refractivity contribution is 5.99. The van der Waals surface area contributed by atoms with Crippen LogP contribution in [0, 0.1) is 6.92 Å². The lowest BCUT2D eigenvalue weighted by molar-refractivity contribution is -0.0212. The lowest BCUT2D eigenvalue weighted by Gasteiger charge is -2.38. The van der Waals surface area contributed by atoms with Gasteiger partial charge in [0.15, 0.2) is 11.5 Å². The number of fused-ring (bicyclic) bond motifs is 3. The molecule has 1 aromatic heterocycles. The highest BCUT2D eigenvalue weighted by Gasteiger charge is 2.42. The lowest BCUT2D eigenvalue weighted by Crippen LogP contribution is -2.33. The number of hydrazone groups is 1. The molecular weight excluding hydrogens is 392 g/mol. The molecule has 3 heterocycles. The maximum Gasteiger partial charge on any atom is 0.214 e. The van der Waals surface area contributed by atoms with Gasteiger partial charge < -0.3 is 18.6 Å². The molecule has 0 unspecified atom stereocenters. The minimum atomic E-state index is -0.372. The molecule has 6 nitrogen and oxygen atoms in total. The monoisotopic (exact) mass is 418 g/mol. The van der Waals surface area contributed by atoms with Gasteiger partial charge in [-0.25, -0.2) is 5.01 Å². The van der Waals surface area contributed by atoms with Crippen molar-refractivity contribution < 1.29 is 18.6 Å². The summed E-state index contributed by atoms with van der Waals surface area (Å²) in [5.41, 5.74) is 3.01. The Labute approximate surface area is 182 Å². The van der Waals surface area contributed by atoms with Crippen molar-refractivity contribution in [3.63, 3.8) is 0 Å². The summed E-state index contributed by atoms with van der Waals surface area (Å²) in [6.45, 7) is 7.12. The maximum absolute atomic E-state index is 6.53. The molecule has 0 N–H and O–H groups in total. The number of para-hydroxylation sites is 1. The second-order valence-corrected chi connectivity index (χ2v) is 7.64. The lowest BCUT2D eigenvalue weighted by atomic mass is 9.97. The molecule has 0 amide bonds. The number of ether oxygens (including phenoxy) is 3. The van der Waals surface area contributed by atoms with E-state index >= 15 is 0 Å². The minimum Gasteiger partial charge on any atom is -0.494 e. The molecule has 0 aliphatic carbocycles. The van der Waals surface area contributed by atoms with Gasteiger partial charge in [-0.15, -0.1) is 0 Å². The number of hydrogen-bond acceptors (Lipinski definition) is 6. The van der Waals surface area contributed by atoms with Gasteiger partial charge in [-0.1, -0.05) is 12.1 Å². The normalized spacial score (nSPS) is 19.3. The molecule has 3 aromatic rings. The molecule has 2 atom stereocenters. The van der Waals surface area contributed by atoms with E-state index in [1.165, 1.54) is 0 Å². The topological polar surface area (TPSA) is 56.4 Å². The maximum atomic E-state index is 6.53. The Hall–Kier alpha value is -3.41. The Bertz CT molecular complexity index is 1100. The van der Waals surface area contributed by atoms with E-state index in [1.807, 2.05) is 74.3 Å². The van der Waals surface area contributed by atoms with E-state index in [4.69, 9.17) is 23.7 Å². The van der Waals surface area contributed by atoms with Gasteiger partial charge >= 0.3 is 0 Å². The van der Waals surface area contributed by atoms with Crippen LogP contribution in [-0.4, -0.2) is 23.9 Å². The predicted octanol–water partition coefficient (Wildman–Crippen LogP) is 5.63. The first kappa shape index (κ1) is 19.5. The van der Waals surface area contributed by atoms with E-state index in [1.54, 1.807) is 0 Å². The third-order valence-corrected chi connectivity index (χ3v) is 5.58. The van der Waals surface area contributed by atoms with Gasteiger partial charge in [-0.05, 0) is 63.2 Å². The summed E-state index contributed by atoms with van der Waals surface area (Å²) in [5.74, 6) is 4.07. The van der Waals surface area contributed by atoms with Crippen LogP contribution in [0.15, 0.2) is 64.1 Å². The van der Waals surface area contributed by atoms with Crippen molar-refractivity contribution in [2.75, 3.05) is 13.2 Å². The molecule has 0 saturated heterocycles. The van der Waals surface area contributed by atoms with E-state index < -0.39 is 0 Å². The number of furan rings is 1. The van der Waals surface area contributed by atoms with Gasteiger partial charge in [0.1, 0.15) is 23.0 Å². The van der Waals surface area contributed by atoms with Gasteiger partial charge in [0.05, 0.1) is 19.3 Å². The summed E-state index contributed by atoms with van der Waals surface area (Å²) in [7, 11) is 0. The Balaban J connectivity index is 1.57. The van der Waals surface area contributed by atoms with Crippen molar-refractivity contribution in [3.8, 4) is 17.2 Å². The molecule has 0 saturated carbocycles. The first-order chi connectivity index (χ1) is 15.2. The quantitative estimate of drug-likeness (QED) is 0.519. The average Bonchev–Trinajstić information content (AvgIpc) is 3.41. The molecule has 6 heteroatoms. The second kappa shape index (κ2) is 8.02. The van der Waals surface area contributed by atoms with Gasteiger partial charge in [-0.2, -0.15) is 5.10 Å². The number of hydrogen-bond donors (Lipinski definition) is 0. The van der Waals surface area contributed by atoms with E-state index in [9.17, 15) is 0 Å². The molecule has 2 aliphatic heterocycles. The van der Waals surface area contributed by atoms with Crippen molar-refractivity contribution in [2.24, 2.45) is 5.10 Å². The molecule has 31 heavy (non-hydrogen) atoms. The molecule has 0 fully saturated rings. The molecule has 0 spiro atoms. The van der Waals surface area contributed by atoms with Crippen molar-refractivity contribution >= 4 is 5.71 Å². The van der Waals surface area contributed by atoms with E-state index in [-0.39, 0.29) is 12.3 Å². The summed E-state index contributed by atoms with van der Waals surface area (Å²) in [6.07, 6.45) is 0.371. The fourth-order valence-corrected chi connectivity index (χ4v) is 4.21. The highest BCUT2D eigenvalue weighted by Crippen LogP contribution is 2.50. The first-order valence-electron chi connectivity index (χ1n) is 10.8. The SMILES string of the molecule is CCOc1ccc([C@H]2Oc3c(OCC)cccc3[C@H]3CC(c4ccc(C)o4)=NN32)cc1. The molecule has 2 aromatic carbocycles. The Morgan fingerprint density at radius 1 is 1.00 bits per heavy atom. The predicted molar refractivity (Wildman–Crippen MR) is 118 cm³/mol. The first-order valence-corrected chi connectivity index (χ1v) is 10.8. The number of aryl methyl sites for hydroxylation is 1. The summed E-state index contributed by atoms with van der Waals surface area (Å²) >= 11 is 0. The second-order valence-electron chi connectivity index (χ2n) is 7.64. The van der Waals surface area contributed by atoms with Gasteiger partial charge in [0.2, 0.25) is 6.23 Å². The smallest absolute Gasteiger partial charge is 0.214 e. The van der Waals surface area contributed by atoms with Crippen LogP contribution in [-0.2, 0) is 0 Å². The Morgan fingerprint density at radius 3 is 2.52 bits per heavy atom. The van der Waals surface area contributed by atoms with Crippen molar-refractivity contribution in [1.82, 2.24) is 5.01 Å². The van der Waals surface area contributed by atoms with E-state index in [0.717, 1.165) is 52.0 Å². The number of benzene rings is 2. The van der Waals surface area contributed by atoms with Crippen LogP contribution in [0.4, 0.5) is 0 Å². The fraction of sp³-hybridized carbons (Fsp3) is 0.320. The van der Waals surface area contributed by atoms with Crippen LogP contribution >= 0.6 is 0 Å². The Kier molecular flexibility index (Phi) is 5.06. The standard InChI is InChI=1S/C25H26N2O4/c1-4-28-18-12-10-17(11-13-18)25-27-21(15-20(26-27)22-14-9-16(3)30-22)19-7-6-8-23(29-5-2)24(19)31-25/h6-14,21,25H,4-5,15H2,1-3H3/t21-,25-/m1/s1. The highest BCUT2D eigenvalue weighted by atomic mass is 16.5. The van der Waals surface area contributed by atoms with Crippen LogP contribution in [0.2, 0.25) is 0 Å². The van der Waals surface area contributed by atoms with Crippen molar-refractivity contribution in [3.05, 3.63) is 77.2 Å². The van der Waals surface area contributed by atoms with E-state index in [2.05, 4.69) is 6.07 Å². The third kappa shape index (κ3) is 3.52. The van der Waals surface area contributed by atoms with Crippen LogP contribution in [0.5, 0.6) is 17.2 Å². The molecule has 160 valence electrons. The van der Waals surface area contributed by atoms with E-state index in [0.29, 0.717) is 13.2 Å². The summed E-state index contributed by atoms with van der Waals surface area (Å²) in [5, 5.41) is 6.99. The number of nitrogens with zero attached hydrogens (tertiary/aromatic N) is 2. The van der Waals surface area contributed by atoms with Crippen LogP contribution in [0.1, 0.15) is 55.2 Å². The fourth-order valence-electron chi connectivity index (χ4n) is 4.21. The van der Waals surface area contributed by atoms with Gasteiger partial charge in [-0.3, -0.25) is 0 Å². The van der Waals surface area contributed by atoms with Crippen molar-refractivity contribution in [1.29, 1.82) is 0 Å². The zero-order valence-corrected chi connectivity index (χ0v) is 18.0. The largest absolute Gasteiger partial charge is 0.494 e. The zero-order valence-electron chi connectivity index (χ0n) is 18.0. The average molecular weight is 418 g/mol. The minimum absolute atomic E-state index is 0.0427. The third-order valence-electron chi connectivity index (χ3n) is 5.58. The van der Waals surface area contributed by atoms with Crippen LogP contribution < -0.4 is 14.2 Å². The number of rotatable bonds is 6. The molecule has 0 radical (unpaired) electrons. The van der Waals surface area contributed by atoms with Gasteiger partial charge in [0, 0.05) is 17.5 Å². The van der Waals surface area contributed by atoms with Crippen molar-refractivity contribution in [2.45, 2.75) is 39.5 Å². The molecule has 0 bridgehead atoms. The molecule has 5 rings (SSSR count). The van der Waals surface area contributed by atoms with Crippen LogP contribution in [0.3, 0.4) is 0 Å². The molecule has 2 aliphatic rings. The summed E-state index contributed by atoms with van der Waals surface area (Å²) < 4.78 is 23.9. The summed E-state index contributed by atoms with van der Waals surface area (Å²) in [4.78, 5) is 0. The van der Waals surface area contributed by atoms with Crippen LogP contribution in [0.25, 0.3) is 0 Å². The molecular formula is C25H26N2O4.